The molecule has 1 aromatic heterocycles. The molecule has 4 N–H and O–H groups in total. The van der Waals surface area contributed by atoms with Gasteiger partial charge in [0.25, 0.3) is 5.91 Å². The van der Waals surface area contributed by atoms with Gasteiger partial charge in [-0.25, -0.2) is 4.98 Å². The Hall–Kier alpha value is -2.13. The van der Waals surface area contributed by atoms with Gasteiger partial charge < -0.3 is 5.43 Å². The minimum atomic E-state index is -4.54. The predicted molar refractivity (Wildman–Crippen MR) is 74.1 cm³/mol. The topological polar surface area (TPSA) is 80.0 Å². The van der Waals surface area contributed by atoms with Crippen LogP contribution in [-0.2, 0) is 6.18 Å². The van der Waals surface area contributed by atoms with E-state index < -0.39 is 17.6 Å². The van der Waals surface area contributed by atoms with Crippen LogP contribution in [-0.4, -0.2) is 10.9 Å². The fourth-order valence-corrected chi connectivity index (χ4v) is 2.27. The van der Waals surface area contributed by atoms with Crippen molar-refractivity contribution >= 4 is 28.1 Å². The normalized spacial score (nSPS) is 11.3. The molecule has 0 aliphatic carbocycles. The Morgan fingerprint density at radius 3 is 2.62 bits per heavy atom. The van der Waals surface area contributed by atoms with Crippen molar-refractivity contribution in [1.82, 2.24) is 4.98 Å². The number of anilines is 2. The first-order valence-electron chi connectivity index (χ1n) is 5.73. The smallest absolute Gasteiger partial charge is 0.323 e. The van der Waals surface area contributed by atoms with Crippen LogP contribution in [0.4, 0.5) is 24.0 Å². The third-order valence-electron chi connectivity index (χ3n) is 2.59. The molecule has 0 saturated carbocycles. The van der Waals surface area contributed by atoms with E-state index >= 15 is 0 Å². The lowest BCUT2D eigenvalue weighted by atomic mass is 10.1. The number of hydrogen-bond acceptors (Lipinski definition) is 5. The molecule has 0 aliphatic rings. The third-order valence-corrected chi connectivity index (χ3v) is 3.42. The number of aryl methyl sites for hydroxylation is 1. The maximum atomic E-state index is 12.7. The fraction of sp³-hybridized carbons (Fsp3) is 0.167. The molecule has 112 valence electrons. The van der Waals surface area contributed by atoms with Crippen molar-refractivity contribution in [1.29, 1.82) is 0 Å². The van der Waals surface area contributed by atoms with E-state index in [1.54, 1.807) is 13.1 Å². The van der Waals surface area contributed by atoms with E-state index in [1.807, 2.05) is 0 Å². The van der Waals surface area contributed by atoms with Crippen molar-refractivity contribution in [3.63, 3.8) is 0 Å². The first kappa shape index (κ1) is 15.3. The van der Waals surface area contributed by atoms with Gasteiger partial charge in [0.05, 0.1) is 16.8 Å². The summed E-state index contributed by atoms with van der Waals surface area (Å²) in [6.07, 6.45) is -2.99. The Balaban J connectivity index is 2.34. The number of carbonyl (C=O) groups excluding carboxylic acids is 1. The van der Waals surface area contributed by atoms with E-state index in [0.717, 1.165) is 23.1 Å². The third kappa shape index (κ3) is 3.50. The SMILES string of the molecule is Cc1cnc(NC(=O)c2cc(C(F)(F)F)ccc2NN)s1. The highest BCUT2D eigenvalue weighted by Crippen LogP contribution is 2.32. The summed E-state index contributed by atoms with van der Waals surface area (Å²) in [5, 5.41) is 2.74. The number of halogens is 3. The largest absolute Gasteiger partial charge is 0.416 e. The average molecular weight is 316 g/mol. The lowest BCUT2D eigenvalue weighted by Gasteiger charge is -2.12. The molecular weight excluding hydrogens is 305 g/mol. The predicted octanol–water partition coefficient (Wildman–Crippen LogP) is 3.01. The van der Waals surface area contributed by atoms with Crippen LogP contribution in [0.2, 0.25) is 0 Å². The molecule has 9 heteroatoms. The number of hydrogen-bond donors (Lipinski definition) is 3. The van der Waals surface area contributed by atoms with Gasteiger partial charge in [0, 0.05) is 11.1 Å². The fourth-order valence-electron chi connectivity index (χ4n) is 1.61. The number of nitrogens with one attached hydrogen (secondary N) is 2. The zero-order valence-electron chi connectivity index (χ0n) is 10.8. The molecule has 1 heterocycles. The van der Waals surface area contributed by atoms with Crippen molar-refractivity contribution in [2.45, 2.75) is 13.1 Å². The van der Waals surface area contributed by atoms with E-state index in [9.17, 15) is 18.0 Å². The lowest BCUT2D eigenvalue weighted by molar-refractivity contribution is -0.137. The number of carbonyl (C=O) groups is 1. The molecule has 0 bridgehead atoms. The maximum Gasteiger partial charge on any atom is 0.416 e. The quantitative estimate of drug-likeness (QED) is 0.601. The number of hydrazine groups is 1. The maximum absolute atomic E-state index is 12.7. The van der Waals surface area contributed by atoms with Gasteiger partial charge in [0.15, 0.2) is 5.13 Å². The summed E-state index contributed by atoms with van der Waals surface area (Å²) in [5.74, 6) is 4.50. The lowest BCUT2D eigenvalue weighted by Crippen LogP contribution is -2.18. The summed E-state index contributed by atoms with van der Waals surface area (Å²) in [4.78, 5) is 16.9. The minimum Gasteiger partial charge on any atom is -0.323 e. The van der Waals surface area contributed by atoms with E-state index in [2.05, 4.69) is 15.7 Å². The molecule has 0 saturated heterocycles. The highest BCUT2D eigenvalue weighted by Gasteiger charge is 2.31. The summed E-state index contributed by atoms with van der Waals surface area (Å²) in [6, 6.07) is 2.69. The van der Waals surface area contributed by atoms with Crippen LogP contribution in [0.3, 0.4) is 0 Å². The van der Waals surface area contributed by atoms with Crippen LogP contribution in [0, 0.1) is 6.92 Å². The van der Waals surface area contributed by atoms with Gasteiger partial charge in [-0.15, -0.1) is 11.3 Å². The van der Waals surface area contributed by atoms with E-state index in [0.29, 0.717) is 5.13 Å². The first-order valence-corrected chi connectivity index (χ1v) is 6.54. The first-order chi connectivity index (χ1) is 9.81. The zero-order chi connectivity index (χ0) is 15.6. The second-order valence-corrected chi connectivity index (χ2v) is 5.37. The summed E-state index contributed by atoms with van der Waals surface area (Å²) in [5.41, 5.74) is 1.16. The molecule has 0 unspecified atom stereocenters. The van der Waals surface area contributed by atoms with Crippen LogP contribution in [0.1, 0.15) is 20.8 Å². The highest BCUT2D eigenvalue weighted by atomic mass is 32.1. The van der Waals surface area contributed by atoms with Gasteiger partial charge in [-0.2, -0.15) is 13.2 Å². The van der Waals surface area contributed by atoms with Gasteiger partial charge >= 0.3 is 6.18 Å². The van der Waals surface area contributed by atoms with E-state index in [-0.39, 0.29) is 11.3 Å². The van der Waals surface area contributed by atoms with Gasteiger partial charge in [-0.1, -0.05) is 0 Å². The number of rotatable bonds is 3. The minimum absolute atomic E-state index is 0.0915. The van der Waals surface area contributed by atoms with Crippen LogP contribution in [0.5, 0.6) is 0 Å². The number of benzene rings is 1. The second kappa shape index (κ2) is 5.70. The van der Waals surface area contributed by atoms with Crippen LogP contribution < -0.4 is 16.6 Å². The Morgan fingerprint density at radius 1 is 1.38 bits per heavy atom. The molecule has 0 atom stereocenters. The number of amides is 1. The van der Waals surface area contributed by atoms with Crippen molar-refractivity contribution in [2.24, 2.45) is 5.84 Å². The number of thiazole rings is 1. The van der Waals surface area contributed by atoms with E-state index in [4.69, 9.17) is 5.84 Å². The monoisotopic (exact) mass is 316 g/mol. The van der Waals surface area contributed by atoms with Gasteiger partial charge in [0.1, 0.15) is 0 Å². The van der Waals surface area contributed by atoms with Crippen molar-refractivity contribution in [3.8, 4) is 0 Å². The van der Waals surface area contributed by atoms with Crippen LogP contribution >= 0.6 is 11.3 Å². The Morgan fingerprint density at radius 2 is 2.10 bits per heavy atom. The molecule has 2 aromatic rings. The van der Waals surface area contributed by atoms with Crippen molar-refractivity contribution < 1.29 is 18.0 Å². The van der Waals surface area contributed by atoms with Gasteiger partial charge in [0.2, 0.25) is 0 Å². The Kier molecular flexibility index (Phi) is 4.14. The molecule has 0 fully saturated rings. The molecule has 0 aliphatic heterocycles. The summed E-state index contributed by atoms with van der Waals surface area (Å²) < 4.78 is 38.1. The zero-order valence-corrected chi connectivity index (χ0v) is 11.6. The van der Waals surface area contributed by atoms with Crippen molar-refractivity contribution in [3.05, 3.63) is 40.4 Å². The second-order valence-electron chi connectivity index (χ2n) is 4.13. The summed E-state index contributed by atoms with van der Waals surface area (Å²) in [6.45, 7) is 1.80. The van der Waals surface area contributed by atoms with Gasteiger partial charge in [-0.05, 0) is 25.1 Å². The molecular formula is C12H11F3N4OS. The number of nitrogen functional groups attached to an aromatic ring is 1. The van der Waals surface area contributed by atoms with Crippen LogP contribution in [0.25, 0.3) is 0 Å². The Bertz CT molecular complexity index is 669. The van der Waals surface area contributed by atoms with Crippen LogP contribution in [0.15, 0.2) is 24.4 Å². The Labute approximate surface area is 122 Å². The standard InChI is InChI=1S/C12H11F3N4OS/c1-6-5-17-11(21-6)18-10(20)8-4-7(12(13,14)15)2-3-9(8)19-16/h2-5,19H,16H2,1H3,(H,17,18,20). The molecule has 21 heavy (non-hydrogen) atoms. The summed E-state index contributed by atoms with van der Waals surface area (Å²) in [7, 11) is 0. The molecule has 5 nitrogen and oxygen atoms in total. The number of aromatic nitrogens is 1. The molecule has 2 rings (SSSR count). The number of nitrogens with zero attached hydrogens (tertiary/aromatic N) is 1. The number of alkyl halides is 3. The molecule has 1 amide bonds. The van der Waals surface area contributed by atoms with E-state index in [1.165, 1.54) is 11.3 Å². The number of nitrogens with two attached hydrogens (primary N) is 1. The highest BCUT2D eigenvalue weighted by molar-refractivity contribution is 7.15. The summed E-state index contributed by atoms with van der Waals surface area (Å²) >= 11 is 1.22. The molecule has 1 aromatic carbocycles. The average Bonchev–Trinajstić information content (AvgIpc) is 2.82. The molecule has 0 spiro atoms. The van der Waals surface area contributed by atoms with Gasteiger partial charge in [-0.3, -0.25) is 16.0 Å². The van der Waals surface area contributed by atoms with Crippen molar-refractivity contribution in [2.75, 3.05) is 10.7 Å². The molecule has 0 radical (unpaired) electrons.